The third-order valence-corrected chi connectivity index (χ3v) is 5.16. The first kappa shape index (κ1) is 21.0. The Kier molecular flexibility index (Phi) is 6.92. The highest BCUT2D eigenvalue weighted by Crippen LogP contribution is 2.17. The zero-order valence-electron chi connectivity index (χ0n) is 17.6. The van der Waals surface area contributed by atoms with Gasteiger partial charge in [-0.3, -0.25) is 4.90 Å². The quantitative estimate of drug-likeness (QED) is 0.415. The normalized spacial score (nSPS) is 12.4. The number of aromatic nitrogens is 2. The van der Waals surface area contributed by atoms with Gasteiger partial charge in [-0.25, -0.2) is 0 Å². The molecule has 2 aromatic carbocycles. The van der Waals surface area contributed by atoms with E-state index in [1.807, 2.05) is 73.7 Å². The van der Waals surface area contributed by atoms with Crippen molar-refractivity contribution in [3.05, 3.63) is 95.8 Å². The highest BCUT2D eigenvalue weighted by molar-refractivity contribution is 5.54. The minimum atomic E-state index is -0.483. The molecule has 0 aliphatic heterocycles. The summed E-state index contributed by atoms with van der Waals surface area (Å²) in [6.07, 6.45) is 2.38. The molecule has 1 N–H and O–H groups in total. The molecule has 4 rings (SSSR count). The van der Waals surface area contributed by atoms with Gasteiger partial charge >= 0.3 is 0 Å². The smallest absolute Gasteiger partial charge is 0.228 e. The van der Waals surface area contributed by atoms with Gasteiger partial charge in [0, 0.05) is 25.1 Å². The summed E-state index contributed by atoms with van der Waals surface area (Å²) >= 11 is 0. The van der Waals surface area contributed by atoms with Crippen LogP contribution in [0.2, 0.25) is 0 Å². The number of aliphatic hydroxyl groups is 1. The van der Waals surface area contributed by atoms with Gasteiger partial charge < -0.3 is 14.0 Å². The molecule has 0 saturated heterocycles. The molecule has 6 nitrogen and oxygen atoms in total. The van der Waals surface area contributed by atoms with Crippen LogP contribution in [0.4, 0.5) is 0 Å². The fraction of sp³-hybridized carbons (Fsp3) is 0.280. The van der Waals surface area contributed by atoms with Crippen LogP contribution in [0.1, 0.15) is 22.8 Å². The van der Waals surface area contributed by atoms with E-state index < -0.39 is 6.10 Å². The Bertz CT molecular complexity index is 1040. The van der Waals surface area contributed by atoms with Crippen LogP contribution in [0.15, 0.2) is 81.9 Å². The van der Waals surface area contributed by atoms with Gasteiger partial charge in [0.25, 0.3) is 0 Å². The second kappa shape index (κ2) is 10.2. The molecule has 0 amide bonds. The van der Waals surface area contributed by atoms with Gasteiger partial charge in [-0.1, -0.05) is 65.3 Å². The van der Waals surface area contributed by atoms with Gasteiger partial charge in [0.1, 0.15) is 5.76 Å². The van der Waals surface area contributed by atoms with Gasteiger partial charge in [0.2, 0.25) is 11.7 Å². The van der Waals surface area contributed by atoms with E-state index in [2.05, 4.69) is 15.0 Å². The lowest BCUT2D eigenvalue weighted by Gasteiger charge is -2.23. The standard InChI is InChI=1S/C25H27N3O3/c1-19-9-11-21(12-10-19)25-26-24(31-27-25)13-14-28(18-23-8-5-15-30-23)17-22(29)16-20-6-3-2-4-7-20/h2-12,15,22,29H,13-14,16-18H2,1H3/t22-/m0/s1. The van der Waals surface area contributed by atoms with Gasteiger partial charge in [-0.05, 0) is 31.0 Å². The van der Waals surface area contributed by atoms with E-state index in [9.17, 15) is 5.11 Å². The molecule has 4 aromatic rings. The number of furan rings is 1. The van der Waals surface area contributed by atoms with Gasteiger partial charge in [-0.15, -0.1) is 0 Å². The first-order valence-corrected chi connectivity index (χ1v) is 10.5. The molecule has 0 aliphatic rings. The van der Waals surface area contributed by atoms with Crippen LogP contribution >= 0.6 is 0 Å². The van der Waals surface area contributed by atoms with E-state index in [-0.39, 0.29) is 0 Å². The molecular weight excluding hydrogens is 390 g/mol. The van der Waals surface area contributed by atoms with Crippen molar-refractivity contribution < 1.29 is 14.0 Å². The van der Waals surface area contributed by atoms with Crippen LogP contribution in [0, 0.1) is 6.92 Å². The second-order valence-electron chi connectivity index (χ2n) is 7.79. The first-order chi connectivity index (χ1) is 15.2. The molecule has 0 saturated carbocycles. The van der Waals surface area contributed by atoms with Crippen molar-refractivity contribution in [2.24, 2.45) is 0 Å². The van der Waals surface area contributed by atoms with Crippen LogP contribution in [-0.2, 0) is 19.4 Å². The molecule has 0 spiro atoms. The largest absolute Gasteiger partial charge is 0.468 e. The van der Waals surface area contributed by atoms with Crippen molar-refractivity contribution in [1.29, 1.82) is 0 Å². The van der Waals surface area contributed by atoms with Crippen LogP contribution in [0.3, 0.4) is 0 Å². The van der Waals surface area contributed by atoms with E-state index in [1.165, 1.54) is 5.56 Å². The average molecular weight is 418 g/mol. The summed E-state index contributed by atoms with van der Waals surface area (Å²) in [5, 5.41) is 14.8. The van der Waals surface area contributed by atoms with Crippen LogP contribution in [0.5, 0.6) is 0 Å². The molecular formula is C25H27N3O3. The maximum Gasteiger partial charge on any atom is 0.228 e. The van der Waals surface area contributed by atoms with E-state index in [0.717, 1.165) is 16.9 Å². The summed E-state index contributed by atoms with van der Waals surface area (Å²) in [6, 6.07) is 21.9. The SMILES string of the molecule is Cc1ccc(-c2noc(CCN(Cc3ccco3)C[C@@H](O)Cc3ccccc3)n2)cc1. The third-order valence-electron chi connectivity index (χ3n) is 5.16. The summed E-state index contributed by atoms with van der Waals surface area (Å²) < 4.78 is 11.0. The molecule has 0 radical (unpaired) electrons. The fourth-order valence-electron chi connectivity index (χ4n) is 3.54. The van der Waals surface area contributed by atoms with Crippen molar-refractivity contribution in [3.8, 4) is 11.4 Å². The van der Waals surface area contributed by atoms with Gasteiger partial charge in [0.15, 0.2) is 0 Å². The Morgan fingerprint density at radius 2 is 1.81 bits per heavy atom. The monoisotopic (exact) mass is 417 g/mol. The van der Waals surface area contributed by atoms with E-state index in [0.29, 0.717) is 44.2 Å². The second-order valence-corrected chi connectivity index (χ2v) is 7.79. The number of benzene rings is 2. The predicted molar refractivity (Wildman–Crippen MR) is 118 cm³/mol. The highest BCUT2D eigenvalue weighted by Gasteiger charge is 2.16. The Morgan fingerprint density at radius 3 is 2.55 bits per heavy atom. The third kappa shape index (κ3) is 6.13. The first-order valence-electron chi connectivity index (χ1n) is 10.5. The number of hydrogen-bond acceptors (Lipinski definition) is 6. The number of nitrogens with zero attached hydrogens (tertiary/aromatic N) is 3. The van der Waals surface area contributed by atoms with Crippen molar-refractivity contribution >= 4 is 0 Å². The van der Waals surface area contributed by atoms with Crippen LogP contribution in [-0.4, -0.2) is 39.3 Å². The molecule has 0 fully saturated rings. The minimum absolute atomic E-state index is 0.483. The van der Waals surface area contributed by atoms with Crippen molar-refractivity contribution in [2.45, 2.75) is 32.4 Å². The van der Waals surface area contributed by atoms with Crippen LogP contribution in [0.25, 0.3) is 11.4 Å². The van der Waals surface area contributed by atoms with Gasteiger partial charge in [-0.2, -0.15) is 4.98 Å². The summed E-state index contributed by atoms with van der Waals surface area (Å²) in [4.78, 5) is 6.69. The Morgan fingerprint density at radius 1 is 1.00 bits per heavy atom. The molecule has 0 aliphatic carbocycles. The van der Waals surface area contributed by atoms with E-state index >= 15 is 0 Å². The lowest BCUT2D eigenvalue weighted by molar-refractivity contribution is 0.104. The molecule has 1 atom stereocenters. The number of hydrogen-bond donors (Lipinski definition) is 1. The zero-order chi connectivity index (χ0) is 21.5. The maximum atomic E-state index is 10.7. The van der Waals surface area contributed by atoms with Crippen LogP contribution < -0.4 is 0 Å². The molecule has 2 heterocycles. The molecule has 2 aromatic heterocycles. The number of aryl methyl sites for hydroxylation is 1. The molecule has 160 valence electrons. The van der Waals surface area contributed by atoms with Crippen molar-refractivity contribution in [2.75, 3.05) is 13.1 Å². The minimum Gasteiger partial charge on any atom is -0.468 e. The fourth-order valence-corrected chi connectivity index (χ4v) is 3.54. The van der Waals surface area contributed by atoms with E-state index in [1.54, 1.807) is 6.26 Å². The molecule has 0 unspecified atom stereocenters. The van der Waals surface area contributed by atoms with E-state index in [4.69, 9.17) is 8.94 Å². The summed E-state index contributed by atoms with van der Waals surface area (Å²) in [5.41, 5.74) is 3.24. The Labute approximate surface area is 182 Å². The van der Waals surface area contributed by atoms with Gasteiger partial charge in [0.05, 0.1) is 18.9 Å². The van der Waals surface area contributed by atoms with Crippen molar-refractivity contribution in [1.82, 2.24) is 15.0 Å². The number of rotatable bonds is 10. The predicted octanol–water partition coefficient (Wildman–Crippen LogP) is 4.29. The zero-order valence-corrected chi connectivity index (χ0v) is 17.6. The Hall–Kier alpha value is -3.22. The summed E-state index contributed by atoms with van der Waals surface area (Å²) in [5.74, 6) is 2.03. The topological polar surface area (TPSA) is 75.5 Å². The van der Waals surface area contributed by atoms with Crippen molar-refractivity contribution in [3.63, 3.8) is 0 Å². The molecule has 31 heavy (non-hydrogen) atoms. The Balaban J connectivity index is 1.38. The lowest BCUT2D eigenvalue weighted by atomic mass is 10.1. The average Bonchev–Trinajstić information content (AvgIpc) is 3.45. The molecule has 6 heteroatoms. The summed E-state index contributed by atoms with van der Waals surface area (Å²) in [6.45, 7) is 3.85. The molecule has 0 bridgehead atoms. The summed E-state index contributed by atoms with van der Waals surface area (Å²) in [7, 11) is 0. The lowest BCUT2D eigenvalue weighted by Crippen LogP contribution is -2.34. The number of aliphatic hydroxyl groups excluding tert-OH is 1. The highest BCUT2D eigenvalue weighted by atomic mass is 16.5. The maximum absolute atomic E-state index is 10.7.